The smallest absolute Gasteiger partial charge is 0.305 e. The Morgan fingerprint density at radius 3 is 2.32 bits per heavy atom. The Kier molecular flexibility index (Phi) is 4.53. The van der Waals surface area contributed by atoms with Gasteiger partial charge in [-0.1, -0.05) is 32.9 Å². The molecule has 0 unspecified atom stereocenters. The van der Waals surface area contributed by atoms with E-state index in [0.29, 0.717) is 11.4 Å². The van der Waals surface area contributed by atoms with Crippen LogP contribution in [0.2, 0.25) is 0 Å². The van der Waals surface area contributed by atoms with Crippen molar-refractivity contribution in [2.75, 3.05) is 17.2 Å². The second kappa shape index (κ2) is 5.73. The Morgan fingerprint density at radius 2 is 1.84 bits per heavy atom. The van der Waals surface area contributed by atoms with Crippen LogP contribution in [0.1, 0.15) is 27.2 Å². The highest BCUT2D eigenvalue weighted by molar-refractivity contribution is 5.99. The number of benzene rings is 1. The number of carboxylic acids is 1. The van der Waals surface area contributed by atoms with E-state index < -0.39 is 11.4 Å². The SMILES string of the molecule is CC(C)(C)C(=O)N(CCC(=O)O)c1ccccc1N. The van der Waals surface area contributed by atoms with Gasteiger partial charge in [-0.15, -0.1) is 0 Å². The summed E-state index contributed by atoms with van der Waals surface area (Å²) in [5.74, 6) is -1.09. The van der Waals surface area contributed by atoms with E-state index in [9.17, 15) is 9.59 Å². The van der Waals surface area contributed by atoms with E-state index in [-0.39, 0.29) is 18.9 Å². The largest absolute Gasteiger partial charge is 0.481 e. The van der Waals surface area contributed by atoms with Crippen molar-refractivity contribution < 1.29 is 14.7 Å². The maximum atomic E-state index is 12.4. The van der Waals surface area contributed by atoms with E-state index in [1.165, 1.54) is 4.90 Å². The first-order valence-corrected chi connectivity index (χ1v) is 6.11. The van der Waals surface area contributed by atoms with Crippen molar-refractivity contribution in [3.8, 4) is 0 Å². The van der Waals surface area contributed by atoms with Crippen LogP contribution in [0.3, 0.4) is 0 Å². The lowest BCUT2D eigenvalue weighted by Crippen LogP contribution is -2.41. The number of para-hydroxylation sites is 2. The molecule has 0 aromatic heterocycles. The molecule has 0 atom stereocenters. The molecule has 0 fully saturated rings. The number of carbonyl (C=O) groups is 2. The first-order chi connectivity index (χ1) is 8.73. The minimum Gasteiger partial charge on any atom is -0.481 e. The van der Waals surface area contributed by atoms with Gasteiger partial charge in [-0.3, -0.25) is 9.59 Å². The minimum atomic E-state index is -0.943. The molecule has 0 spiro atoms. The summed E-state index contributed by atoms with van der Waals surface area (Å²) in [5.41, 5.74) is 6.29. The number of carboxylic acid groups (broad SMARTS) is 1. The maximum Gasteiger partial charge on any atom is 0.305 e. The fourth-order valence-corrected chi connectivity index (χ4v) is 1.68. The van der Waals surface area contributed by atoms with E-state index in [2.05, 4.69) is 0 Å². The molecular formula is C14H20N2O3. The predicted molar refractivity (Wildman–Crippen MR) is 74.9 cm³/mol. The summed E-state index contributed by atoms with van der Waals surface area (Å²) in [4.78, 5) is 24.6. The van der Waals surface area contributed by atoms with Gasteiger partial charge in [0.1, 0.15) is 0 Å². The number of amides is 1. The number of nitrogen functional groups attached to an aromatic ring is 1. The monoisotopic (exact) mass is 264 g/mol. The van der Waals surface area contributed by atoms with Crippen LogP contribution in [-0.2, 0) is 9.59 Å². The number of rotatable bonds is 4. The summed E-state index contributed by atoms with van der Waals surface area (Å²) in [6, 6.07) is 6.96. The van der Waals surface area contributed by atoms with Gasteiger partial charge >= 0.3 is 5.97 Å². The van der Waals surface area contributed by atoms with E-state index >= 15 is 0 Å². The van der Waals surface area contributed by atoms with Gasteiger partial charge in [0.15, 0.2) is 0 Å². The molecule has 0 aliphatic heterocycles. The molecular weight excluding hydrogens is 244 g/mol. The molecule has 5 heteroatoms. The molecule has 1 aromatic carbocycles. The topological polar surface area (TPSA) is 83.6 Å². The molecule has 0 heterocycles. The van der Waals surface area contributed by atoms with Crippen LogP contribution in [0.25, 0.3) is 0 Å². The summed E-state index contributed by atoms with van der Waals surface area (Å²) in [6.07, 6.45) is -0.115. The van der Waals surface area contributed by atoms with E-state index in [1.54, 1.807) is 45.0 Å². The average Bonchev–Trinajstić information content (AvgIpc) is 2.29. The van der Waals surface area contributed by atoms with Crippen LogP contribution >= 0.6 is 0 Å². The number of hydrogen-bond acceptors (Lipinski definition) is 3. The summed E-state index contributed by atoms with van der Waals surface area (Å²) in [6.45, 7) is 5.49. The lowest BCUT2D eigenvalue weighted by Gasteiger charge is -2.30. The van der Waals surface area contributed by atoms with E-state index in [4.69, 9.17) is 10.8 Å². The van der Waals surface area contributed by atoms with Crippen LogP contribution < -0.4 is 10.6 Å². The second-order valence-electron chi connectivity index (χ2n) is 5.41. The van der Waals surface area contributed by atoms with Crippen molar-refractivity contribution in [2.24, 2.45) is 5.41 Å². The van der Waals surface area contributed by atoms with E-state index in [1.807, 2.05) is 0 Å². The number of anilines is 2. The molecule has 0 saturated heterocycles. The van der Waals surface area contributed by atoms with Crippen molar-refractivity contribution in [3.05, 3.63) is 24.3 Å². The van der Waals surface area contributed by atoms with Crippen molar-refractivity contribution in [1.82, 2.24) is 0 Å². The van der Waals surface area contributed by atoms with Crippen LogP contribution in [0.15, 0.2) is 24.3 Å². The van der Waals surface area contributed by atoms with Gasteiger partial charge < -0.3 is 15.7 Å². The highest BCUT2D eigenvalue weighted by Crippen LogP contribution is 2.27. The molecule has 5 nitrogen and oxygen atoms in total. The molecule has 104 valence electrons. The normalized spacial score (nSPS) is 11.1. The minimum absolute atomic E-state index is 0.111. The predicted octanol–water partition coefficient (Wildman–Crippen LogP) is 2.12. The Labute approximate surface area is 113 Å². The highest BCUT2D eigenvalue weighted by atomic mass is 16.4. The molecule has 0 radical (unpaired) electrons. The van der Waals surface area contributed by atoms with Crippen molar-refractivity contribution in [1.29, 1.82) is 0 Å². The second-order valence-corrected chi connectivity index (χ2v) is 5.41. The standard InChI is InChI=1S/C14H20N2O3/c1-14(2,3)13(19)16(9-8-12(17)18)11-7-5-4-6-10(11)15/h4-7H,8-9,15H2,1-3H3,(H,17,18). The third-order valence-corrected chi connectivity index (χ3v) is 2.66. The Balaban J connectivity index is 3.09. The summed E-state index contributed by atoms with van der Waals surface area (Å²) < 4.78 is 0. The Bertz CT molecular complexity index is 478. The highest BCUT2D eigenvalue weighted by Gasteiger charge is 2.29. The summed E-state index contributed by atoms with van der Waals surface area (Å²) in [7, 11) is 0. The van der Waals surface area contributed by atoms with Gasteiger partial charge in [0.05, 0.1) is 17.8 Å². The van der Waals surface area contributed by atoms with Crippen LogP contribution in [-0.4, -0.2) is 23.5 Å². The number of nitrogens with two attached hydrogens (primary N) is 1. The lowest BCUT2D eigenvalue weighted by atomic mass is 9.94. The van der Waals surface area contributed by atoms with Crippen LogP contribution in [0, 0.1) is 5.41 Å². The van der Waals surface area contributed by atoms with Crippen LogP contribution in [0.4, 0.5) is 11.4 Å². The van der Waals surface area contributed by atoms with Gasteiger partial charge in [0, 0.05) is 12.0 Å². The first kappa shape index (κ1) is 15.0. The third-order valence-electron chi connectivity index (χ3n) is 2.66. The van der Waals surface area contributed by atoms with Crippen molar-refractivity contribution in [2.45, 2.75) is 27.2 Å². The number of aliphatic carboxylic acids is 1. The fraction of sp³-hybridized carbons (Fsp3) is 0.429. The maximum absolute atomic E-state index is 12.4. The zero-order valence-corrected chi connectivity index (χ0v) is 11.5. The lowest BCUT2D eigenvalue weighted by molar-refractivity contribution is -0.136. The molecule has 19 heavy (non-hydrogen) atoms. The molecule has 0 aliphatic rings. The first-order valence-electron chi connectivity index (χ1n) is 6.11. The van der Waals surface area contributed by atoms with Crippen LogP contribution in [0.5, 0.6) is 0 Å². The zero-order chi connectivity index (χ0) is 14.6. The summed E-state index contributed by atoms with van der Waals surface area (Å²) in [5, 5.41) is 8.79. The molecule has 0 bridgehead atoms. The molecule has 1 amide bonds. The van der Waals surface area contributed by atoms with Gasteiger partial charge in [-0.05, 0) is 12.1 Å². The molecule has 0 saturated carbocycles. The fourth-order valence-electron chi connectivity index (χ4n) is 1.68. The van der Waals surface area contributed by atoms with Gasteiger partial charge in [0.25, 0.3) is 0 Å². The zero-order valence-electron chi connectivity index (χ0n) is 11.5. The molecule has 1 aromatic rings. The van der Waals surface area contributed by atoms with Gasteiger partial charge in [0.2, 0.25) is 5.91 Å². The van der Waals surface area contributed by atoms with Gasteiger partial charge in [-0.2, -0.15) is 0 Å². The quantitative estimate of drug-likeness (QED) is 0.816. The van der Waals surface area contributed by atoms with E-state index in [0.717, 1.165) is 0 Å². The van der Waals surface area contributed by atoms with Crippen molar-refractivity contribution in [3.63, 3.8) is 0 Å². The third kappa shape index (κ3) is 3.98. The average molecular weight is 264 g/mol. The number of hydrogen-bond donors (Lipinski definition) is 2. The van der Waals surface area contributed by atoms with Gasteiger partial charge in [-0.25, -0.2) is 0 Å². The molecule has 3 N–H and O–H groups in total. The Hall–Kier alpha value is -2.04. The number of nitrogens with zero attached hydrogens (tertiary/aromatic N) is 1. The number of carbonyl (C=O) groups excluding carboxylic acids is 1. The summed E-state index contributed by atoms with van der Waals surface area (Å²) >= 11 is 0. The molecule has 0 aliphatic carbocycles. The van der Waals surface area contributed by atoms with Crippen molar-refractivity contribution >= 4 is 23.3 Å². The molecule has 1 rings (SSSR count). The Morgan fingerprint density at radius 1 is 1.26 bits per heavy atom.